The molecule has 0 radical (unpaired) electrons. The van der Waals surface area contributed by atoms with Gasteiger partial charge in [-0.05, 0) is 55.3 Å². The van der Waals surface area contributed by atoms with Crippen LogP contribution < -0.4 is 15.1 Å². The number of nitrogens with zero attached hydrogens (tertiary/aromatic N) is 6. The molecule has 8 heteroatoms. The molecule has 38 heavy (non-hydrogen) atoms. The van der Waals surface area contributed by atoms with Crippen molar-refractivity contribution in [1.82, 2.24) is 14.3 Å². The molecule has 2 aromatic heterocycles. The van der Waals surface area contributed by atoms with Crippen molar-refractivity contribution in [2.45, 2.75) is 13.3 Å². The van der Waals surface area contributed by atoms with Gasteiger partial charge >= 0.3 is 0 Å². The first-order valence-electron chi connectivity index (χ1n) is 13.3. The summed E-state index contributed by atoms with van der Waals surface area (Å²) in [6.07, 6.45) is 3.02. The first kappa shape index (κ1) is 23.9. The number of piperazine rings is 1. The normalized spacial score (nSPS) is 15.0. The molecule has 0 unspecified atom stereocenters. The molecule has 1 fully saturated rings. The number of amides is 1. The maximum absolute atomic E-state index is 13.2. The van der Waals surface area contributed by atoms with Gasteiger partial charge < -0.3 is 20.0 Å². The summed E-state index contributed by atoms with van der Waals surface area (Å²) in [4.78, 5) is 24.6. The highest BCUT2D eigenvalue weighted by Crippen LogP contribution is 2.35. The molecule has 0 saturated carbocycles. The van der Waals surface area contributed by atoms with Gasteiger partial charge in [-0.2, -0.15) is 5.26 Å². The van der Waals surface area contributed by atoms with Crippen molar-refractivity contribution in [3.63, 3.8) is 0 Å². The highest BCUT2D eigenvalue weighted by molar-refractivity contribution is 5.84. The Morgan fingerprint density at radius 1 is 1.00 bits per heavy atom. The molecule has 0 bridgehead atoms. The number of carbonyl (C=O) groups excluding carboxylic acids is 1. The van der Waals surface area contributed by atoms with Gasteiger partial charge in [-0.15, -0.1) is 0 Å². The molecule has 4 aromatic rings. The number of pyridine rings is 1. The minimum atomic E-state index is 0.0580. The number of nitrogens with one attached hydrogen (secondary N) is 1. The third-order valence-corrected chi connectivity index (χ3v) is 7.66. The second-order valence-electron chi connectivity index (χ2n) is 9.76. The Kier molecular flexibility index (Phi) is 6.34. The molecule has 4 heterocycles. The molecule has 2 aliphatic rings. The van der Waals surface area contributed by atoms with Crippen molar-refractivity contribution >= 4 is 28.7 Å². The molecule has 192 valence electrons. The maximum Gasteiger partial charge on any atom is 0.242 e. The van der Waals surface area contributed by atoms with Crippen molar-refractivity contribution in [3.05, 3.63) is 78.0 Å². The lowest BCUT2D eigenvalue weighted by Gasteiger charge is -2.36. The van der Waals surface area contributed by atoms with Crippen LogP contribution in [0.3, 0.4) is 0 Å². The quantitative estimate of drug-likeness (QED) is 0.427. The molecule has 1 amide bonds. The molecule has 6 rings (SSSR count). The number of hydrogen-bond donors (Lipinski definition) is 1. The number of carbonyl (C=O) groups is 1. The Morgan fingerprint density at radius 3 is 2.63 bits per heavy atom. The SMILES string of the molecule is CCN1CCc2cc(-c3nc4ccccn4c3NCC(=O)N3CCN(c4ccccc4C#N)CC3)ccc21. The van der Waals surface area contributed by atoms with E-state index in [2.05, 4.69) is 46.3 Å². The van der Waals surface area contributed by atoms with Gasteiger partial charge in [-0.3, -0.25) is 9.20 Å². The van der Waals surface area contributed by atoms with Crippen LogP contribution in [0.15, 0.2) is 66.9 Å². The van der Waals surface area contributed by atoms with E-state index in [1.807, 2.05) is 58.0 Å². The van der Waals surface area contributed by atoms with Crippen LogP contribution in [0.25, 0.3) is 16.9 Å². The Balaban J connectivity index is 1.18. The minimum Gasteiger partial charge on any atom is -0.371 e. The smallest absolute Gasteiger partial charge is 0.242 e. The van der Waals surface area contributed by atoms with E-state index in [9.17, 15) is 10.1 Å². The Bertz CT molecular complexity index is 1530. The lowest BCUT2D eigenvalue weighted by molar-refractivity contribution is -0.129. The zero-order chi connectivity index (χ0) is 26.1. The second-order valence-corrected chi connectivity index (χ2v) is 9.76. The number of hydrogen-bond acceptors (Lipinski definition) is 6. The number of benzene rings is 2. The minimum absolute atomic E-state index is 0.0580. The van der Waals surface area contributed by atoms with Crippen LogP contribution in [0.5, 0.6) is 0 Å². The van der Waals surface area contributed by atoms with Crippen molar-refractivity contribution in [2.24, 2.45) is 0 Å². The zero-order valence-corrected chi connectivity index (χ0v) is 21.6. The monoisotopic (exact) mass is 505 g/mol. The number of aromatic nitrogens is 2. The molecule has 2 aromatic carbocycles. The van der Waals surface area contributed by atoms with Crippen LogP contribution in [0.1, 0.15) is 18.1 Å². The first-order chi connectivity index (χ1) is 18.7. The molecule has 0 aliphatic carbocycles. The van der Waals surface area contributed by atoms with E-state index in [1.165, 1.54) is 11.3 Å². The summed E-state index contributed by atoms with van der Waals surface area (Å²) in [5, 5.41) is 12.9. The molecule has 1 N–H and O–H groups in total. The average molecular weight is 506 g/mol. The molecule has 1 saturated heterocycles. The van der Waals surface area contributed by atoms with E-state index in [-0.39, 0.29) is 12.5 Å². The number of anilines is 3. The predicted molar refractivity (Wildman–Crippen MR) is 151 cm³/mol. The summed E-state index contributed by atoms with van der Waals surface area (Å²) < 4.78 is 2.02. The van der Waals surface area contributed by atoms with Gasteiger partial charge in [0.15, 0.2) is 0 Å². The molecular weight excluding hydrogens is 474 g/mol. The van der Waals surface area contributed by atoms with Gasteiger partial charge in [-0.1, -0.05) is 24.3 Å². The van der Waals surface area contributed by atoms with E-state index < -0.39 is 0 Å². The topological polar surface area (TPSA) is 79.9 Å². The molecule has 8 nitrogen and oxygen atoms in total. The highest BCUT2D eigenvalue weighted by Gasteiger charge is 2.24. The molecular formula is C30H31N7O. The summed E-state index contributed by atoms with van der Waals surface area (Å²) in [7, 11) is 0. The van der Waals surface area contributed by atoms with Crippen molar-refractivity contribution in [3.8, 4) is 17.3 Å². The van der Waals surface area contributed by atoms with Crippen LogP contribution in [-0.2, 0) is 11.2 Å². The average Bonchev–Trinajstić information content (AvgIpc) is 3.56. The summed E-state index contributed by atoms with van der Waals surface area (Å²) >= 11 is 0. The summed E-state index contributed by atoms with van der Waals surface area (Å²) in [5.74, 6) is 0.892. The molecule has 2 aliphatic heterocycles. The van der Waals surface area contributed by atoms with Crippen LogP contribution in [0.4, 0.5) is 17.2 Å². The number of likely N-dealkylation sites (N-methyl/N-ethyl adjacent to an activating group) is 1. The van der Waals surface area contributed by atoms with E-state index >= 15 is 0 Å². The Labute approximate surface area is 222 Å². The van der Waals surface area contributed by atoms with Crippen molar-refractivity contribution < 1.29 is 4.79 Å². The third kappa shape index (κ3) is 4.30. The standard InChI is InChI=1S/C30H31N7O/c1-2-34-14-12-22-19-23(10-11-26(22)34)29-30(37-13-6-5-9-27(37)33-29)32-21-28(38)36-17-15-35(16-18-36)25-8-4-3-7-24(25)20-31/h3-11,13,19,32H,2,12,14-18,21H2,1H3. The number of fused-ring (bicyclic) bond motifs is 2. The van der Waals surface area contributed by atoms with Crippen molar-refractivity contribution in [1.29, 1.82) is 5.26 Å². The third-order valence-electron chi connectivity index (χ3n) is 7.66. The van der Waals surface area contributed by atoms with E-state index in [1.54, 1.807) is 0 Å². The van der Waals surface area contributed by atoms with Gasteiger partial charge in [0.25, 0.3) is 0 Å². The lowest BCUT2D eigenvalue weighted by Crippen LogP contribution is -2.50. The highest BCUT2D eigenvalue weighted by atomic mass is 16.2. The number of nitriles is 1. The first-order valence-corrected chi connectivity index (χ1v) is 13.3. The van der Waals surface area contributed by atoms with Gasteiger partial charge in [0.1, 0.15) is 23.2 Å². The van der Waals surface area contributed by atoms with E-state index in [4.69, 9.17) is 4.98 Å². The van der Waals surface area contributed by atoms with Gasteiger partial charge in [0, 0.05) is 56.7 Å². The summed E-state index contributed by atoms with van der Waals surface area (Å²) in [6, 6.07) is 22.4. The number of para-hydroxylation sites is 1. The number of imidazole rings is 1. The fourth-order valence-corrected chi connectivity index (χ4v) is 5.62. The zero-order valence-electron chi connectivity index (χ0n) is 21.6. The lowest BCUT2D eigenvalue weighted by atomic mass is 10.1. The molecule has 0 atom stereocenters. The second kappa shape index (κ2) is 10.1. The maximum atomic E-state index is 13.2. The van der Waals surface area contributed by atoms with E-state index in [0.29, 0.717) is 31.7 Å². The van der Waals surface area contributed by atoms with Crippen LogP contribution in [-0.4, -0.2) is 66.0 Å². The van der Waals surface area contributed by atoms with Gasteiger partial charge in [0.2, 0.25) is 5.91 Å². The fraction of sp³-hybridized carbons (Fsp3) is 0.300. The van der Waals surface area contributed by atoms with Crippen LogP contribution in [0, 0.1) is 11.3 Å². The largest absolute Gasteiger partial charge is 0.371 e. The van der Waals surface area contributed by atoms with Gasteiger partial charge in [0.05, 0.1) is 17.8 Å². The Morgan fingerprint density at radius 2 is 1.82 bits per heavy atom. The summed E-state index contributed by atoms with van der Waals surface area (Å²) in [5.41, 5.74) is 7.03. The van der Waals surface area contributed by atoms with Crippen LogP contribution >= 0.6 is 0 Å². The molecule has 0 spiro atoms. The Hall–Kier alpha value is -4.51. The van der Waals surface area contributed by atoms with Crippen LogP contribution in [0.2, 0.25) is 0 Å². The fourth-order valence-electron chi connectivity index (χ4n) is 5.62. The number of rotatable bonds is 6. The van der Waals surface area contributed by atoms with E-state index in [0.717, 1.165) is 47.9 Å². The summed E-state index contributed by atoms with van der Waals surface area (Å²) in [6.45, 7) is 7.10. The van der Waals surface area contributed by atoms with Gasteiger partial charge in [-0.25, -0.2) is 4.98 Å². The predicted octanol–water partition coefficient (Wildman–Crippen LogP) is 4.02. The van der Waals surface area contributed by atoms with Crippen molar-refractivity contribution in [2.75, 3.05) is 60.9 Å².